The van der Waals surface area contributed by atoms with Gasteiger partial charge < -0.3 is 10.5 Å². The number of anilines is 1. The maximum atomic E-state index is 10.7. The van der Waals surface area contributed by atoms with Crippen LogP contribution in [0, 0.1) is 10.1 Å². The summed E-state index contributed by atoms with van der Waals surface area (Å²) in [5.41, 5.74) is 6.89. The summed E-state index contributed by atoms with van der Waals surface area (Å²) in [5, 5.41) is 10.7. The summed E-state index contributed by atoms with van der Waals surface area (Å²) in [7, 11) is 0. The van der Waals surface area contributed by atoms with E-state index < -0.39 is 4.92 Å². The number of nitro benzene ring substituents is 1. The fourth-order valence-corrected chi connectivity index (χ4v) is 2.30. The van der Waals surface area contributed by atoms with Crippen molar-refractivity contribution in [2.24, 2.45) is 0 Å². The van der Waals surface area contributed by atoms with Crippen molar-refractivity contribution >= 4 is 11.4 Å². The topological polar surface area (TPSA) is 81.6 Å². The predicted octanol–water partition coefficient (Wildman–Crippen LogP) is 1.79. The normalized spacial score (nSPS) is 20.4. The van der Waals surface area contributed by atoms with Gasteiger partial charge in [-0.15, -0.1) is 0 Å². The Morgan fingerprint density at radius 3 is 3.00 bits per heavy atom. The molecule has 0 amide bonds. The van der Waals surface area contributed by atoms with Crippen molar-refractivity contribution in [3.05, 3.63) is 33.9 Å². The predicted molar refractivity (Wildman–Crippen MR) is 72.8 cm³/mol. The van der Waals surface area contributed by atoms with Crippen molar-refractivity contribution in [1.82, 2.24) is 4.90 Å². The summed E-state index contributed by atoms with van der Waals surface area (Å²) >= 11 is 0. The van der Waals surface area contributed by atoms with Gasteiger partial charge in [-0.05, 0) is 18.1 Å². The first kappa shape index (κ1) is 13.8. The number of nitro groups is 1. The molecule has 1 saturated heterocycles. The highest BCUT2D eigenvalue weighted by atomic mass is 16.6. The number of nitrogens with two attached hydrogens (primary N) is 1. The zero-order valence-electron chi connectivity index (χ0n) is 11.0. The average molecular weight is 265 g/mol. The van der Waals surface area contributed by atoms with Crippen LogP contribution in [0.3, 0.4) is 0 Å². The van der Waals surface area contributed by atoms with Crippen LogP contribution in [0.2, 0.25) is 0 Å². The molecule has 0 bridgehead atoms. The lowest BCUT2D eigenvalue weighted by atomic mass is 10.1. The molecule has 1 aromatic carbocycles. The van der Waals surface area contributed by atoms with Crippen LogP contribution in [0.15, 0.2) is 18.2 Å². The quantitative estimate of drug-likeness (QED) is 0.510. The van der Waals surface area contributed by atoms with E-state index in [4.69, 9.17) is 10.5 Å². The number of benzene rings is 1. The molecule has 1 aliphatic heterocycles. The molecular weight excluding hydrogens is 246 g/mol. The molecule has 2 rings (SSSR count). The second-order valence-corrected chi connectivity index (χ2v) is 4.79. The van der Waals surface area contributed by atoms with E-state index >= 15 is 0 Å². The Balaban J connectivity index is 2.03. The van der Waals surface area contributed by atoms with E-state index in [1.807, 2.05) is 0 Å². The molecule has 6 heteroatoms. The molecule has 1 atom stereocenters. The summed E-state index contributed by atoms with van der Waals surface area (Å²) < 4.78 is 5.61. The smallest absolute Gasteiger partial charge is 0.292 e. The minimum atomic E-state index is -0.457. The summed E-state index contributed by atoms with van der Waals surface area (Å²) in [5.74, 6) is 0. The number of nitrogens with zero attached hydrogens (tertiary/aromatic N) is 2. The Hall–Kier alpha value is -1.66. The van der Waals surface area contributed by atoms with E-state index in [0.717, 1.165) is 38.2 Å². The summed E-state index contributed by atoms with van der Waals surface area (Å²) in [6.45, 7) is 5.38. The second kappa shape index (κ2) is 5.99. The standard InChI is InChI=1S/C13H19N3O3/c1-2-11-9-15(5-6-19-11)8-10-3-4-13(16(17)18)12(14)7-10/h3-4,7,11H,2,5-6,8-9,14H2,1H3. The van der Waals surface area contributed by atoms with Gasteiger partial charge in [0.15, 0.2) is 0 Å². The van der Waals surface area contributed by atoms with Gasteiger partial charge in [-0.1, -0.05) is 13.0 Å². The molecular formula is C13H19N3O3. The van der Waals surface area contributed by atoms with E-state index in [9.17, 15) is 10.1 Å². The van der Waals surface area contributed by atoms with Gasteiger partial charge >= 0.3 is 0 Å². The third-order valence-corrected chi connectivity index (χ3v) is 3.37. The Bertz CT molecular complexity index is 464. The number of nitrogen functional groups attached to an aromatic ring is 1. The third kappa shape index (κ3) is 3.42. The molecule has 1 heterocycles. The highest BCUT2D eigenvalue weighted by Gasteiger charge is 2.19. The number of morpholine rings is 1. The molecule has 0 saturated carbocycles. The van der Waals surface area contributed by atoms with Crippen molar-refractivity contribution in [3.63, 3.8) is 0 Å². The van der Waals surface area contributed by atoms with Crippen molar-refractivity contribution in [3.8, 4) is 0 Å². The highest BCUT2D eigenvalue weighted by Crippen LogP contribution is 2.23. The molecule has 1 aliphatic rings. The number of hydrogen-bond donors (Lipinski definition) is 1. The first-order valence-corrected chi connectivity index (χ1v) is 6.47. The molecule has 0 aliphatic carbocycles. The molecule has 0 aromatic heterocycles. The maximum absolute atomic E-state index is 10.7. The van der Waals surface area contributed by atoms with Crippen LogP contribution in [0.25, 0.3) is 0 Å². The lowest BCUT2D eigenvalue weighted by Crippen LogP contribution is -2.41. The average Bonchev–Trinajstić information content (AvgIpc) is 2.38. The summed E-state index contributed by atoms with van der Waals surface area (Å²) in [6.07, 6.45) is 1.28. The van der Waals surface area contributed by atoms with Gasteiger partial charge in [0.2, 0.25) is 0 Å². The molecule has 19 heavy (non-hydrogen) atoms. The van der Waals surface area contributed by atoms with E-state index in [1.165, 1.54) is 6.07 Å². The Kier molecular flexibility index (Phi) is 4.34. The molecule has 0 radical (unpaired) electrons. The van der Waals surface area contributed by atoms with Gasteiger partial charge in [0.1, 0.15) is 5.69 Å². The summed E-state index contributed by atoms with van der Waals surface area (Å²) in [6, 6.07) is 4.93. The zero-order chi connectivity index (χ0) is 13.8. The fraction of sp³-hybridized carbons (Fsp3) is 0.538. The molecule has 104 valence electrons. The maximum Gasteiger partial charge on any atom is 0.292 e. The van der Waals surface area contributed by atoms with Crippen LogP contribution in [0.4, 0.5) is 11.4 Å². The van der Waals surface area contributed by atoms with Crippen LogP contribution in [0.5, 0.6) is 0 Å². The van der Waals surface area contributed by atoms with Crippen LogP contribution >= 0.6 is 0 Å². The van der Waals surface area contributed by atoms with E-state index in [0.29, 0.717) is 0 Å². The Morgan fingerprint density at radius 2 is 2.37 bits per heavy atom. The van der Waals surface area contributed by atoms with E-state index in [-0.39, 0.29) is 17.5 Å². The monoisotopic (exact) mass is 265 g/mol. The number of rotatable bonds is 4. The Labute approximate surface area is 112 Å². The minimum absolute atomic E-state index is 0.0304. The number of hydrogen-bond acceptors (Lipinski definition) is 5. The van der Waals surface area contributed by atoms with Crippen LogP contribution in [-0.4, -0.2) is 35.6 Å². The molecule has 1 aromatic rings. The third-order valence-electron chi connectivity index (χ3n) is 3.37. The fourth-order valence-electron chi connectivity index (χ4n) is 2.30. The largest absolute Gasteiger partial charge is 0.393 e. The van der Waals surface area contributed by atoms with Gasteiger partial charge in [0, 0.05) is 25.7 Å². The molecule has 6 nitrogen and oxygen atoms in total. The molecule has 1 unspecified atom stereocenters. The molecule has 2 N–H and O–H groups in total. The van der Waals surface area contributed by atoms with Crippen LogP contribution in [-0.2, 0) is 11.3 Å². The zero-order valence-corrected chi connectivity index (χ0v) is 11.0. The van der Waals surface area contributed by atoms with Gasteiger partial charge in [-0.2, -0.15) is 0 Å². The van der Waals surface area contributed by atoms with Crippen molar-refractivity contribution in [1.29, 1.82) is 0 Å². The second-order valence-electron chi connectivity index (χ2n) is 4.79. The molecule has 1 fully saturated rings. The first-order chi connectivity index (χ1) is 9.10. The van der Waals surface area contributed by atoms with Crippen LogP contribution < -0.4 is 5.73 Å². The van der Waals surface area contributed by atoms with Crippen molar-refractivity contribution in [2.75, 3.05) is 25.4 Å². The summed E-state index contributed by atoms with van der Waals surface area (Å²) in [4.78, 5) is 12.5. The van der Waals surface area contributed by atoms with E-state index in [1.54, 1.807) is 12.1 Å². The van der Waals surface area contributed by atoms with Crippen molar-refractivity contribution < 1.29 is 9.66 Å². The van der Waals surface area contributed by atoms with Gasteiger partial charge in [0.05, 0.1) is 17.6 Å². The van der Waals surface area contributed by atoms with Gasteiger partial charge in [-0.3, -0.25) is 15.0 Å². The Morgan fingerprint density at radius 1 is 1.58 bits per heavy atom. The van der Waals surface area contributed by atoms with Gasteiger partial charge in [-0.25, -0.2) is 0 Å². The highest BCUT2D eigenvalue weighted by molar-refractivity contribution is 5.59. The lowest BCUT2D eigenvalue weighted by molar-refractivity contribution is -0.383. The number of ether oxygens (including phenoxy) is 1. The molecule has 0 spiro atoms. The first-order valence-electron chi connectivity index (χ1n) is 6.47. The van der Waals surface area contributed by atoms with Crippen LogP contribution in [0.1, 0.15) is 18.9 Å². The van der Waals surface area contributed by atoms with Gasteiger partial charge in [0.25, 0.3) is 5.69 Å². The SMILES string of the molecule is CCC1CN(Cc2ccc([N+](=O)[O-])c(N)c2)CCO1. The lowest BCUT2D eigenvalue weighted by Gasteiger charge is -2.32. The van der Waals surface area contributed by atoms with Crippen molar-refractivity contribution in [2.45, 2.75) is 26.0 Å². The van der Waals surface area contributed by atoms with E-state index in [2.05, 4.69) is 11.8 Å². The minimum Gasteiger partial charge on any atom is -0.393 e.